The van der Waals surface area contributed by atoms with Crippen LogP contribution in [0.5, 0.6) is 0 Å². The summed E-state index contributed by atoms with van der Waals surface area (Å²) < 4.78 is 10.5. The first-order valence-electron chi connectivity index (χ1n) is 7.67. The minimum atomic E-state index is -0.554. The number of esters is 1. The lowest BCUT2D eigenvalue weighted by atomic mass is 9.96. The number of hydrogen-bond acceptors (Lipinski definition) is 6. The van der Waals surface area contributed by atoms with E-state index in [4.69, 9.17) is 20.9 Å². The van der Waals surface area contributed by atoms with Crippen molar-refractivity contribution in [2.24, 2.45) is 0 Å². The van der Waals surface area contributed by atoms with E-state index in [9.17, 15) is 4.79 Å². The summed E-state index contributed by atoms with van der Waals surface area (Å²) in [5.74, 6) is 1.25. The van der Waals surface area contributed by atoms with Crippen LogP contribution in [-0.4, -0.2) is 21.9 Å². The number of nitrogens with zero attached hydrogens (tertiary/aromatic N) is 2. The average molecular weight is 369 g/mol. The highest BCUT2D eigenvalue weighted by Crippen LogP contribution is 2.24. The highest BCUT2D eigenvalue weighted by molar-refractivity contribution is 7.99. The molecule has 5 nitrogen and oxygen atoms in total. The SMILES string of the molecule is CC(OC(=O)CCSc1ccc(Cl)cc1)c1nc(C(C)(C)C)no1. The number of ether oxygens (including phenoxy) is 1. The Bertz CT molecular complexity index is 680. The molecular weight excluding hydrogens is 348 g/mol. The van der Waals surface area contributed by atoms with Gasteiger partial charge in [-0.3, -0.25) is 4.79 Å². The summed E-state index contributed by atoms with van der Waals surface area (Å²) in [6, 6.07) is 7.50. The van der Waals surface area contributed by atoms with Crippen molar-refractivity contribution >= 4 is 29.3 Å². The van der Waals surface area contributed by atoms with Crippen LogP contribution in [0.1, 0.15) is 51.9 Å². The van der Waals surface area contributed by atoms with Gasteiger partial charge in [0, 0.05) is 21.1 Å². The van der Waals surface area contributed by atoms with Gasteiger partial charge in [-0.15, -0.1) is 11.8 Å². The summed E-state index contributed by atoms with van der Waals surface area (Å²) in [6.07, 6.45) is -0.251. The molecular formula is C17H21ClN2O3S. The van der Waals surface area contributed by atoms with Crippen LogP contribution >= 0.6 is 23.4 Å². The molecule has 1 heterocycles. The van der Waals surface area contributed by atoms with Crippen LogP contribution in [-0.2, 0) is 14.9 Å². The molecule has 0 aliphatic rings. The zero-order valence-corrected chi connectivity index (χ0v) is 15.8. The van der Waals surface area contributed by atoms with Crippen molar-refractivity contribution in [3.8, 4) is 0 Å². The average Bonchev–Trinajstić information content (AvgIpc) is 2.99. The molecule has 0 radical (unpaired) electrons. The number of hydrogen-bond donors (Lipinski definition) is 0. The minimum Gasteiger partial charge on any atom is -0.453 e. The van der Waals surface area contributed by atoms with Crippen LogP contribution in [0.15, 0.2) is 33.7 Å². The normalized spacial score (nSPS) is 12.9. The fourth-order valence-electron chi connectivity index (χ4n) is 1.79. The Morgan fingerprint density at radius 1 is 1.33 bits per heavy atom. The molecule has 0 spiro atoms. The molecule has 0 aliphatic carbocycles. The lowest BCUT2D eigenvalue weighted by molar-refractivity contribution is -0.149. The molecule has 2 rings (SSSR count). The molecule has 0 amide bonds. The van der Waals surface area contributed by atoms with Gasteiger partial charge in [0.05, 0.1) is 6.42 Å². The van der Waals surface area contributed by atoms with Crippen molar-refractivity contribution in [1.29, 1.82) is 0 Å². The number of benzene rings is 1. The molecule has 7 heteroatoms. The first-order chi connectivity index (χ1) is 11.3. The van der Waals surface area contributed by atoms with Gasteiger partial charge in [0.2, 0.25) is 0 Å². The largest absolute Gasteiger partial charge is 0.453 e. The van der Waals surface area contributed by atoms with E-state index >= 15 is 0 Å². The van der Waals surface area contributed by atoms with E-state index in [1.165, 1.54) is 0 Å². The summed E-state index contributed by atoms with van der Waals surface area (Å²) in [5.41, 5.74) is -0.208. The van der Waals surface area contributed by atoms with Crippen molar-refractivity contribution in [2.45, 2.75) is 50.5 Å². The molecule has 1 aromatic carbocycles. The Balaban J connectivity index is 1.79. The molecule has 0 fully saturated rings. The zero-order chi connectivity index (χ0) is 17.7. The second kappa shape index (κ2) is 8.03. The molecule has 2 aromatic rings. The number of thioether (sulfide) groups is 1. The third kappa shape index (κ3) is 5.53. The first kappa shape index (κ1) is 18.8. The van der Waals surface area contributed by atoms with Gasteiger partial charge >= 0.3 is 5.97 Å². The third-order valence-electron chi connectivity index (χ3n) is 3.16. The smallest absolute Gasteiger partial charge is 0.307 e. The number of halogens is 1. The highest BCUT2D eigenvalue weighted by atomic mass is 35.5. The summed E-state index contributed by atoms with van der Waals surface area (Å²) >= 11 is 7.42. The maximum absolute atomic E-state index is 11.9. The summed E-state index contributed by atoms with van der Waals surface area (Å²) in [5, 5.41) is 4.63. The Hall–Kier alpha value is -1.53. The van der Waals surface area contributed by atoms with Gasteiger partial charge in [0.15, 0.2) is 11.9 Å². The second-order valence-electron chi connectivity index (χ2n) is 6.39. The summed E-state index contributed by atoms with van der Waals surface area (Å²) in [7, 11) is 0. The van der Waals surface area contributed by atoms with Crippen LogP contribution < -0.4 is 0 Å². The molecule has 0 bridgehead atoms. The molecule has 1 unspecified atom stereocenters. The highest BCUT2D eigenvalue weighted by Gasteiger charge is 2.24. The van der Waals surface area contributed by atoms with E-state index in [-0.39, 0.29) is 11.4 Å². The molecule has 24 heavy (non-hydrogen) atoms. The standard InChI is InChI=1S/C17H21ClN2O3S/c1-11(15-19-16(20-23-15)17(2,3)4)22-14(21)9-10-24-13-7-5-12(18)6-8-13/h5-8,11H,9-10H2,1-4H3. The quantitative estimate of drug-likeness (QED) is 0.538. The Labute approximate surface area is 151 Å². The van der Waals surface area contributed by atoms with Gasteiger partial charge in [0.25, 0.3) is 5.89 Å². The molecule has 1 aromatic heterocycles. The predicted molar refractivity (Wildman–Crippen MR) is 94.3 cm³/mol. The number of aromatic nitrogens is 2. The van der Waals surface area contributed by atoms with Crippen LogP contribution in [0.3, 0.4) is 0 Å². The number of carbonyl (C=O) groups excluding carboxylic acids is 1. The number of rotatable bonds is 6. The van der Waals surface area contributed by atoms with Crippen molar-refractivity contribution in [2.75, 3.05) is 5.75 Å². The molecule has 0 saturated heterocycles. The fraction of sp³-hybridized carbons (Fsp3) is 0.471. The van der Waals surface area contributed by atoms with E-state index in [1.54, 1.807) is 18.7 Å². The predicted octanol–water partition coefficient (Wildman–Crippen LogP) is 4.81. The Morgan fingerprint density at radius 2 is 2.00 bits per heavy atom. The lowest BCUT2D eigenvalue weighted by Gasteiger charge is -2.11. The maximum atomic E-state index is 11.9. The number of carbonyl (C=O) groups is 1. The monoisotopic (exact) mass is 368 g/mol. The summed E-state index contributed by atoms with van der Waals surface area (Å²) in [6.45, 7) is 7.70. The van der Waals surface area contributed by atoms with Gasteiger partial charge in [-0.05, 0) is 31.2 Å². The van der Waals surface area contributed by atoms with Gasteiger partial charge in [-0.2, -0.15) is 4.98 Å². The molecule has 1 atom stereocenters. The Kier molecular flexibility index (Phi) is 6.29. The van der Waals surface area contributed by atoms with Crippen molar-refractivity contribution in [3.63, 3.8) is 0 Å². The maximum Gasteiger partial charge on any atom is 0.307 e. The summed E-state index contributed by atoms with van der Waals surface area (Å²) in [4.78, 5) is 17.3. The van der Waals surface area contributed by atoms with E-state index < -0.39 is 6.10 Å². The third-order valence-corrected chi connectivity index (χ3v) is 4.42. The van der Waals surface area contributed by atoms with E-state index in [0.29, 0.717) is 28.9 Å². The van der Waals surface area contributed by atoms with Crippen LogP contribution in [0, 0.1) is 0 Å². The van der Waals surface area contributed by atoms with E-state index in [0.717, 1.165) is 4.90 Å². The Morgan fingerprint density at radius 3 is 2.58 bits per heavy atom. The van der Waals surface area contributed by atoms with E-state index in [2.05, 4.69) is 10.1 Å². The van der Waals surface area contributed by atoms with E-state index in [1.807, 2.05) is 45.0 Å². The lowest BCUT2D eigenvalue weighted by Crippen LogP contribution is -2.14. The van der Waals surface area contributed by atoms with Gasteiger partial charge in [-0.1, -0.05) is 37.5 Å². The van der Waals surface area contributed by atoms with Crippen LogP contribution in [0.2, 0.25) is 5.02 Å². The molecule has 0 saturated carbocycles. The van der Waals surface area contributed by atoms with Gasteiger partial charge in [-0.25, -0.2) is 0 Å². The van der Waals surface area contributed by atoms with Crippen LogP contribution in [0.25, 0.3) is 0 Å². The molecule has 130 valence electrons. The minimum absolute atomic E-state index is 0.208. The van der Waals surface area contributed by atoms with Crippen molar-refractivity contribution < 1.29 is 14.1 Å². The van der Waals surface area contributed by atoms with Gasteiger partial charge in [0.1, 0.15) is 0 Å². The molecule has 0 aliphatic heterocycles. The fourth-order valence-corrected chi connectivity index (χ4v) is 2.75. The zero-order valence-electron chi connectivity index (χ0n) is 14.2. The van der Waals surface area contributed by atoms with Crippen molar-refractivity contribution in [1.82, 2.24) is 10.1 Å². The van der Waals surface area contributed by atoms with Crippen LogP contribution in [0.4, 0.5) is 0 Å². The second-order valence-corrected chi connectivity index (χ2v) is 8.00. The first-order valence-corrected chi connectivity index (χ1v) is 9.04. The topological polar surface area (TPSA) is 65.2 Å². The van der Waals surface area contributed by atoms with Gasteiger partial charge < -0.3 is 9.26 Å². The molecule has 0 N–H and O–H groups in total. The van der Waals surface area contributed by atoms with Crippen molar-refractivity contribution in [3.05, 3.63) is 41.0 Å².